The molecule has 1 aliphatic heterocycles. The molecule has 0 spiro atoms. The van der Waals surface area contributed by atoms with Crippen LogP contribution in [-0.4, -0.2) is 65.9 Å². The quantitative estimate of drug-likeness (QED) is 0.458. The molecule has 35 heavy (non-hydrogen) atoms. The van der Waals surface area contributed by atoms with Crippen LogP contribution in [0.4, 0.5) is 5.69 Å². The number of H-pyrrole nitrogens is 1. The van der Waals surface area contributed by atoms with Gasteiger partial charge in [-0.05, 0) is 74.4 Å². The van der Waals surface area contributed by atoms with Crippen molar-refractivity contribution in [3.63, 3.8) is 0 Å². The van der Waals surface area contributed by atoms with Crippen molar-refractivity contribution in [3.05, 3.63) is 69.5 Å². The van der Waals surface area contributed by atoms with Crippen molar-refractivity contribution in [2.24, 2.45) is 0 Å². The molecule has 0 unspecified atom stereocenters. The zero-order valence-electron chi connectivity index (χ0n) is 20.7. The minimum atomic E-state index is -0.0774. The number of nitrogens with one attached hydrogen (secondary N) is 2. The average Bonchev–Trinajstić information content (AvgIpc) is 2.86. The Morgan fingerprint density at radius 2 is 1.86 bits per heavy atom. The number of ether oxygens (including phenoxy) is 2. The van der Waals surface area contributed by atoms with Crippen molar-refractivity contribution in [3.8, 4) is 5.75 Å². The first-order chi connectivity index (χ1) is 16.9. The van der Waals surface area contributed by atoms with E-state index < -0.39 is 0 Å². The van der Waals surface area contributed by atoms with Gasteiger partial charge in [-0.2, -0.15) is 0 Å². The molecule has 0 atom stereocenters. The summed E-state index contributed by atoms with van der Waals surface area (Å²) in [5.41, 5.74) is 4.60. The molecule has 1 saturated heterocycles. The molecule has 2 heterocycles. The Labute approximate surface area is 212 Å². The standard InChI is InChI=1S/C27H34N4O3S/c1-4-34-23-9-7-22(8-10-23)28-27(35)31(12-11-30-13-15-33-16-14-30)18-21-17-24-19(2)5-6-20(3)25(24)29-26(21)32/h5-10,17H,4,11-16,18H2,1-3H3,(H,28,35)(H,29,32). The highest BCUT2D eigenvalue weighted by molar-refractivity contribution is 7.80. The number of nitrogens with zero attached hydrogens (tertiary/aromatic N) is 2. The van der Waals surface area contributed by atoms with Crippen molar-refractivity contribution in [1.29, 1.82) is 0 Å². The number of benzene rings is 2. The summed E-state index contributed by atoms with van der Waals surface area (Å²) in [6.07, 6.45) is 0. The zero-order valence-corrected chi connectivity index (χ0v) is 21.5. The number of morpholine rings is 1. The van der Waals surface area contributed by atoms with Gasteiger partial charge in [0.1, 0.15) is 5.75 Å². The lowest BCUT2D eigenvalue weighted by Crippen LogP contribution is -2.44. The highest BCUT2D eigenvalue weighted by Crippen LogP contribution is 2.21. The van der Waals surface area contributed by atoms with Gasteiger partial charge in [0, 0.05) is 42.8 Å². The van der Waals surface area contributed by atoms with Gasteiger partial charge in [0.05, 0.1) is 31.9 Å². The minimum absolute atomic E-state index is 0.0774. The second kappa shape index (κ2) is 11.7. The lowest BCUT2D eigenvalue weighted by Gasteiger charge is -2.31. The Hall–Kier alpha value is -2.94. The number of aromatic nitrogens is 1. The Kier molecular flexibility index (Phi) is 8.38. The van der Waals surface area contributed by atoms with Gasteiger partial charge in [-0.3, -0.25) is 9.69 Å². The summed E-state index contributed by atoms with van der Waals surface area (Å²) in [4.78, 5) is 20.6. The van der Waals surface area contributed by atoms with Crippen molar-refractivity contribution >= 4 is 33.9 Å². The molecular weight excluding hydrogens is 460 g/mol. The molecule has 2 N–H and O–H groups in total. The van der Waals surface area contributed by atoms with Gasteiger partial charge >= 0.3 is 0 Å². The van der Waals surface area contributed by atoms with Crippen LogP contribution in [0, 0.1) is 13.8 Å². The predicted molar refractivity (Wildman–Crippen MR) is 146 cm³/mol. The molecule has 1 aliphatic rings. The fourth-order valence-electron chi connectivity index (χ4n) is 4.28. The second-order valence-electron chi connectivity index (χ2n) is 8.87. The molecule has 0 aliphatic carbocycles. The summed E-state index contributed by atoms with van der Waals surface area (Å²) in [5, 5.41) is 5.00. The Morgan fingerprint density at radius 3 is 2.57 bits per heavy atom. The van der Waals surface area contributed by atoms with Crippen molar-refractivity contribution < 1.29 is 9.47 Å². The largest absolute Gasteiger partial charge is 0.494 e. The van der Waals surface area contributed by atoms with Crippen LogP contribution in [0.5, 0.6) is 5.75 Å². The molecule has 3 aromatic rings. The molecule has 186 valence electrons. The Bertz CT molecular complexity index is 1220. The van der Waals surface area contributed by atoms with E-state index in [0.29, 0.717) is 30.4 Å². The molecule has 4 rings (SSSR count). The molecule has 1 fully saturated rings. The summed E-state index contributed by atoms with van der Waals surface area (Å²) in [6, 6.07) is 13.9. The normalized spacial score (nSPS) is 14.1. The SMILES string of the molecule is CCOc1ccc(NC(=S)N(CCN2CCOCC2)Cc2cc3c(C)ccc(C)c3[nH]c2=O)cc1. The Morgan fingerprint density at radius 1 is 1.14 bits per heavy atom. The van der Waals surface area contributed by atoms with Gasteiger partial charge < -0.3 is 24.7 Å². The van der Waals surface area contributed by atoms with E-state index in [0.717, 1.165) is 66.3 Å². The van der Waals surface area contributed by atoms with Gasteiger partial charge in [0.25, 0.3) is 5.56 Å². The van der Waals surface area contributed by atoms with E-state index >= 15 is 0 Å². The number of hydrogen-bond donors (Lipinski definition) is 2. The predicted octanol–water partition coefficient (Wildman–Crippen LogP) is 4.07. The number of rotatable bonds is 8. The molecule has 7 nitrogen and oxygen atoms in total. The van der Waals surface area contributed by atoms with Gasteiger partial charge in [0.15, 0.2) is 5.11 Å². The third-order valence-corrected chi connectivity index (χ3v) is 6.74. The Balaban J connectivity index is 1.56. The monoisotopic (exact) mass is 494 g/mol. The summed E-state index contributed by atoms with van der Waals surface area (Å²) < 4.78 is 11.0. The van der Waals surface area contributed by atoms with E-state index in [4.69, 9.17) is 21.7 Å². The highest BCUT2D eigenvalue weighted by atomic mass is 32.1. The van der Waals surface area contributed by atoms with Gasteiger partial charge in [0.2, 0.25) is 0 Å². The van der Waals surface area contributed by atoms with E-state index in [-0.39, 0.29) is 5.56 Å². The van der Waals surface area contributed by atoms with Crippen LogP contribution in [0.2, 0.25) is 0 Å². The molecule has 0 bridgehead atoms. The van der Waals surface area contributed by atoms with Gasteiger partial charge in [-0.15, -0.1) is 0 Å². The van der Waals surface area contributed by atoms with Crippen molar-refractivity contribution in [2.45, 2.75) is 27.3 Å². The summed E-state index contributed by atoms with van der Waals surface area (Å²) in [7, 11) is 0. The number of aromatic amines is 1. The van der Waals surface area contributed by atoms with Crippen LogP contribution in [0.25, 0.3) is 10.9 Å². The molecular formula is C27H34N4O3S. The lowest BCUT2D eigenvalue weighted by molar-refractivity contribution is 0.0358. The van der Waals surface area contributed by atoms with Crippen LogP contribution in [-0.2, 0) is 11.3 Å². The summed E-state index contributed by atoms with van der Waals surface area (Å²) >= 11 is 5.82. The smallest absolute Gasteiger partial charge is 0.253 e. The average molecular weight is 495 g/mol. The number of fused-ring (bicyclic) bond motifs is 1. The van der Waals surface area contributed by atoms with E-state index in [1.165, 1.54) is 0 Å². The molecule has 1 aromatic heterocycles. The second-order valence-corrected chi connectivity index (χ2v) is 9.26. The maximum Gasteiger partial charge on any atom is 0.253 e. The maximum atomic E-state index is 13.0. The lowest BCUT2D eigenvalue weighted by atomic mass is 10.0. The number of pyridine rings is 1. The van der Waals surface area contributed by atoms with E-state index in [9.17, 15) is 4.79 Å². The van der Waals surface area contributed by atoms with Gasteiger partial charge in [-0.1, -0.05) is 12.1 Å². The molecule has 0 amide bonds. The maximum absolute atomic E-state index is 13.0. The zero-order chi connectivity index (χ0) is 24.8. The van der Waals surface area contributed by atoms with Crippen molar-refractivity contribution in [1.82, 2.24) is 14.8 Å². The molecule has 0 radical (unpaired) electrons. The van der Waals surface area contributed by atoms with Crippen LogP contribution >= 0.6 is 12.2 Å². The van der Waals surface area contributed by atoms with Crippen LogP contribution in [0.15, 0.2) is 47.3 Å². The summed E-state index contributed by atoms with van der Waals surface area (Å²) in [5.74, 6) is 0.821. The first-order valence-electron chi connectivity index (χ1n) is 12.2. The number of hydrogen-bond acceptors (Lipinski definition) is 5. The molecule has 2 aromatic carbocycles. The van der Waals surface area contributed by atoms with E-state index in [2.05, 4.69) is 33.1 Å². The number of aryl methyl sites for hydroxylation is 2. The van der Waals surface area contributed by atoms with E-state index in [1.807, 2.05) is 50.2 Å². The van der Waals surface area contributed by atoms with Gasteiger partial charge in [-0.25, -0.2) is 0 Å². The number of anilines is 1. The fraction of sp³-hybridized carbons (Fsp3) is 0.407. The first-order valence-corrected chi connectivity index (χ1v) is 12.6. The third-order valence-electron chi connectivity index (χ3n) is 6.38. The molecule has 0 saturated carbocycles. The third kappa shape index (κ3) is 6.39. The minimum Gasteiger partial charge on any atom is -0.494 e. The topological polar surface area (TPSA) is 69.8 Å². The summed E-state index contributed by atoms with van der Waals surface area (Å²) in [6.45, 7) is 11.9. The number of thiocarbonyl (C=S) groups is 1. The van der Waals surface area contributed by atoms with E-state index in [1.54, 1.807) is 0 Å². The highest BCUT2D eigenvalue weighted by Gasteiger charge is 2.17. The van der Waals surface area contributed by atoms with Crippen LogP contribution in [0.1, 0.15) is 23.6 Å². The first kappa shape index (κ1) is 25.2. The van der Waals surface area contributed by atoms with Crippen molar-refractivity contribution in [2.75, 3.05) is 51.3 Å². The fourth-order valence-corrected chi connectivity index (χ4v) is 4.56. The van der Waals surface area contributed by atoms with Crippen LogP contribution in [0.3, 0.4) is 0 Å². The molecule has 8 heteroatoms. The van der Waals surface area contributed by atoms with Crippen LogP contribution < -0.4 is 15.6 Å².